The summed E-state index contributed by atoms with van der Waals surface area (Å²) in [6.07, 6.45) is -4.32. The predicted octanol–water partition coefficient (Wildman–Crippen LogP) is 3.13. The van der Waals surface area contributed by atoms with Crippen molar-refractivity contribution in [2.75, 3.05) is 0 Å². The lowest BCUT2D eigenvalue weighted by Crippen LogP contribution is -2.75. The van der Waals surface area contributed by atoms with Crippen LogP contribution in [-0.4, -0.2) is 35.0 Å². The van der Waals surface area contributed by atoms with Crippen LogP contribution in [-0.2, 0) is 0 Å². The fourth-order valence-corrected chi connectivity index (χ4v) is 3.27. The van der Waals surface area contributed by atoms with Gasteiger partial charge in [0.25, 0.3) is 0 Å². The molecule has 1 heterocycles. The Balaban J connectivity index is 2.19. The lowest BCUT2D eigenvalue weighted by atomic mass is 9.75. The first-order valence-corrected chi connectivity index (χ1v) is 8.29. The van der Waals surface area contributed by atoms with E-state index in [0.717, 1.165) is 0 Å². The van der Waals surface area contributed by atoms with Crippen molar-refractivity contribution in [3.63, 3.8) is 0 Å². The van der Waals surface area contributed by atoms with Gasteiger partial charge >= 0.3 is 18.4 Å². The largest absolute Gasteiger partial charge is 0.365 e. The lowest BCUT2D eigenvalue weighted by molar-refractivity contribution is -0.269. The van der Waals surface area contributed by atoms with Gasteiger partial charge in [0, 0.05) is 5.56 Å². The van der Waals surface area contributed by atoms with Gasteiger partial charge in [0.05, 0.1) is 6.04 Å². The highest BCUT2D eigenvalue weighted by Crippen LogP contribution is 2.45. The molecule has 1 fully saturated rings. The van der Waals surface area contributed by atoms with Crippen LogP contribution in [0.15, 0.2) is 60.7 Å². The molecule has 5 nitrogen and oxygen atoms in total. The van der Waals surface area contributed by atoms with Crippen molar-refractivity contribution >= 4 is 11.8 Å². The van der Waals surface area contributed by atoms with Gasteiger partial charge in [0.1, 0.15) is 5.92 Å². The van der Waals surface area contributed by atoms with E-state index in [2.05, 4.69) is 5.32 Å². The molecule has 0 aromatic heterocycles. The summed E-state index contributed by atoms with van der Waals surface area (Å²) in [7, 11) is 0. The molecule has 3 atom stereocenters. The fraction of sp³-hybridized carbons (Fsp3) is 0.263. The van der Waals surface area contributed by atoms with Crippen LogP contribution in [0.1, 0.15) is 22.0 Å². The molecule has 9 heteroatoms. The van der Waals surface area contributed by atoms with Crippen molar-refractivity contribution in [2.24, 2.45) is 5.92 Å². The van der Waals surface area contributed by atoms with E-state index >= 15 is 0 Å². The number of Topliss-reactive ketones (excluding diaryl/α,β-unsaturated/α-hetero) is 1. The number of alkyl halides is 4. The molecule has 148 valence electrons. The third kappa shape index (κ3) is 3.22. The first kappa shape index (κ1) is 19.8. The molecule has 0 aliphatic carbocycles. The molecule has 28 heavy (non-hydrogen) atoms. The van der Waals surface area contributed by atoms with Crippen molar-refractivity contribution in [3.05, 3.63) is 71.8 Å². The maximum atomic E-state index is 14.4. The Hall–Kier alpha value is -2.94. The number of halogens is 4. The topological polar surface area (TPSA) is 78.4 Å². The maximum absolute atomic E-state index is 14.4. The van der Waals surface area contributed by atoms with E-state index in [1.807, 2.05) is 0 Å². The second kappa shape index (κ2) is 7.23. The Labute approximate surface area is 157 Å². The molecule has 2 aromatic rings. The van der Waals surface area contributed by atoms with E-state index in [0.29, 0.717) is 0 Å². The van der Waals surface area contributed by atoms with Crippen molar-refractivity contribution < 1.29 is 32.3 Å². The van der Waals surface area contributed by atoms with E-state index in [4.69, 9.17) is 0 Å². The van der Waals surface area contributed by atoms with E-state index in [1.54, 1.807) is 12.1 Å². The van der Waals surface area contributed by atoms with Gasteiger partial charge in [-0.3, -0.25) is 4.79 Å². The summed E-state index contributed by atoms with van der Waals surface area (Å²) in [5.74, 6) is -8.24. The van der Waals surface area contributed by atoms with Gasteiger partial charge in [0.2, 0.25) is 5.72 Å². The molecule has 0 saturated carbocycles. The summed E-state index contributed by atoms with van der Waals surface area (Å²) in [4.78, 5) is 25.0. The zero-order chi connectivity index (χ0) is 20.5. The molecule has 0 spiro atoms. The second-order valence-corrected chi connectivity index (χ2v) is 6.38. The van der Waals surface area contributed by atoms with Crippen LogP contribution < -0.4 is 10.6 Å². The van der Waals surface area contributed by atoms with Crippen LogP contribution in [0, 0.1) is 5.92 Å². The molecule has 0 unspecified atom stereocenters. The summed E-state index contributed by atoms with van der Waals surface area (Å²) in [6, 6.07) is 11.9. The molecule has 2 amide bonds. The quantitative estimate of drug-likeness (QED) is 0.537. The summed E-state index contributed by atoms with van der Waals surface area (Å²) >= 11 is 0. The summed E-state index contributed by atoms with van der Waals surface area (Å²) in [6.45, 7) is 0. The average molecular weight is 396 g/mol. The predicted molar refractivity (Wildman–Crippen MR) is 91.0 cm³/mol. The molecule has 2 aromatic carbocycles. The van der Waals surface area contributed by atoms with Crippen molar-refractivity contribution in [1.82, 2.24) is 10.6 Å². The highest BCUT2D eigenvalue weighted by Gasteiger charge is 2.69. The van der Waals surface area contributed by atoms with Gasteiger partial charge in [-0.15, -0.1) is 0 Å². The smallest absolute Gasteiger partial charge is 0.354 e. The first-order valence-electron chi connectivity index (χ1n) is 8.29. The van der Waals surface area contributed by atoms with E-state index in [-0.39, 0.29) is 11.1 Å². The number of ketones is 1. The van der Waals surface area contributed by atoms with E-state index in [9.17, 15) is 32.3 Å². The number of carbonyl (C=O) groups excluding carboxylic acids is 2. The Kier molecular flexibility index (Phi) is 5.12. The second-order valence-electron chi connectivity index (χ2n) is 6.38. The van der Waals surface area contributed by atoms with Gasteiger partial charge in [-0.2, -0.15) is 8.78 Å². The Bertz CT molecular complexity index is 864. The van der Waals surface area contributed by atoms with Crippen LogP contribution in [0.5, 0.6) is 0 Å². The van der Waals surface area contributed by atoms with Crippen LogP contribution >= 0.6 is 0 Å². The zero-order valence-corrected chi connectivity index (χ0v) is 14.3. The van der Waals surface area contributed by atoms with Crippen molar-refractivity contribution in [2.45, 2.75) is 24.1 Å². The minimum atomic E-state index is -5.09. The van der Waals surface area contributed by atoms with Crippen molar-refractivity contribution in [1.29, 1.82) is 0 Å². The van der Waals surface area contributed by atoms with Gasteiger partial charge in [0.15, 0.2) is 5.78 Å². The fourth-order valence-electron chi connectivity index (χ4n) is 3.27. The van der Waals surface area contributed by atoms with Crippen LogP contribution in [0.3, 0.4) is 0 Å². The van der Waals surface area contributed by atoms with Gasteiger partial charge in [-0.25, -0.2) is 13.6 Å². The Morgan fingerprint density at radius 1 is 1.04 bits per heavy atom. The van der Waals surface area contributed by atoms with Crippen LogP contribution in [0.2, 0.25) is 0 Å². The summed E-state index contributed by atoms with van der Waals surface area (Å²) in [5.41, 5.74) is -3.68. The van der Waals surface area contributed by atoms with Crippen LogP contribution in [0.25, 0.3) is 0 Å². The monoisotopic (exact) mass is 396 g/mol. The minimum absolute atomic E-state index is 0.0742. The average Bonchev–Trinajstić information content (AvgIpc) is 2.68. The number of urea groups is 1. The molecule has 3 rings (SSSR count). The van der Waals surface area contributed by atoms with E-state index < -0.39 is 41.8 Å². The first-order chi connectivity index (χ1) is 13.2. The van der Waals surface area contributed by atoms with Gasteiger partial charge < -0.3 is 15.7 Å². The zero-order valence-electron chi connectivity index (χ0n) is 14.3. The molecular formula is C19H16F4N2O3. The molecule has 3 N–H and O–H groups in total. The van der Waals surface area contributed by atoms with Crippen molar-refractivity contribution in [3.8, 4) is 0 Å². The number of amides is 2. The summed E-state index contributed by atoms with van der Waals surface area (Å²) in [5, 5.41) is 14.4. The number of hydrogen-bond donors (Lipinski definition) is 3. The van der Waals surface area contributed by atoms with E-state index in [1.165, 1.54) is 53.8 Å². The molecule has 0 radical (unpaired) electrons. The number of benzene rings is 2. The standard InChI is InChI=1S/C19H16F4N2O3/c20-16(21)18(22,23)19(28)13(15(26)12-9-5-2-6-10-12)14(24-17(27)25-19)11-7-3-1-4-8-11/h1-10,13-14,16,28H,(H2,24,25,27)/t13-,14+,19-/m0/s1. The Morgan fingerprint density at radius 2 is 1.57 bits per heavy atom. The lowest BCUT2D eigenvalue weighted by Gasteiger charge is -2.47. The third-order valence-corrected chi connectivity index (χ3v) is 4.66. The molecule has 1 aliphatic heterocycles. The summed E-state index contributed by atoms with van der Waals surface area (Å²) < 4.78 is 55.1. The number of aliphatic hydroxyl groups is 1. The Morgan fingerprint density at radius 3 is 2.11 bits per heavy atom. The number of hydrogen-bond acceptors (Lipinski definition) is 3. The molecule has 1 saturated heterocycles. The SMILES string of the molecule is O=C1N[C@H](c2ccccc2)[C@@H](C(=O)c2ccccc2)[C@](O)(C(F)(F)C(F)F)N1. The number of carbonyl (C=O) groups is 2. The maximum Gasteiger partial charge on any atom is 0.354 e. The third-order valence-electron chi connectivity index (χ3n) is 4.66. The number of rotatable bonds is 5. The minimum Gasteiger partial charge on any atom is -0.365 e. The van der Waals surface area contributed by atoms with Gasteiger partial charge in [-0.1, -0.05) is 60.7 Å². The highest BCUT2D eigenvalue weighted by atomic mass is 19.3. The molecule has 1 aliphatic rings. The van der Waals surface area contributed by atoms with Crippen LogP contribution in [0.4, 0.5) is 22.4 Å². The number of nitrogens with one attached hydrogen (secondary N) is 2. The normalized spacial score (nSPS) is 25.1. The van der Waals surface area contributed by atoms with Gasteiger partial charge in [-0.05, 0) is 5.56 Å². The molecule has 0 bridgehead atoms. The highest BCUT2D eigenvalue weighted by molar-refractivity contribution is 6.00. The molecular weight excluding hydrogens is 380 g/mol.